The highest BCUT2D eigenvalue weighted by atomic mass is 16.1. The summed E-state index contributed by atoms with van der Waals surface area (Å²) in [7, 11) is 0. The van der Waals surface area contributed by atoms with Gasteiger partial charge in [0.25, 0.3) is 0 Å². The number of benzene rings is 1. The Labute approximate surface area is 86.9 Å². The second-order valence-electron chi connectivity index (χ2n) is 3.12. The zero-order chi connectivity index (χ0) is 10.7. The van der Waals surface area contributed by atoms with Crippen molar-refractivity contribution in [3.05, 3.63) is 42.2 Å². The summed E-state index contributed by atoms with van der Waals surface area (Å²) in [5.74, 6) is 0. The highest BCUT2D eigenvalue weighted by molar-refractivity contribution is 5.51. The molecule has 0 aliphatic rings. The Morgan fingerprint density at radius 1 is 1.27 bits per heavy atom. The summed E-state index contributed by atoms with van der Waals surface area (Å²) in [6.07, 6.45) is 3.38. The van der Waals surface area contributed by atoms with Crippen molar-refractivity contribution in [3.63, 3.8) is 0 Å². The topological polar surface area (TPSA) is 47.2 Å². The molecule has 0 aliphatic carbocycles. The Bertz CT molecular complexity index is 507. The molecule has 4 nitrogen and oxygen atoms in total. The molecule has 0 atom stereocenters. The minimum atomic E-state index is 0.595. The van der Waals surface area contributed by atoms with E-state index in [1.54, 1.807) is 16.8 Å². The fourth-order valence-corrected chi connectivity index (χ4v) is 1.29. The standard InChI is InChI=1S/C11H9N3O/c1-9-6-7-14(13-9)11-4-2-10(3-5-11)12-8-15/h2-7H,1H3. The number of rotatable bonds is 2. The van der Waals surface area contributed by atoms with E-state index in [9.17, 15) is 4.79 Å². The molecule has 15 heavy (non-hydrogen) atoms. The number of aliphatic imine (C=N–C) groups is 1. The molecule has 0 fully saturated rings. The summed E-state index contributed by atoms with van der Waals surface area (Å²) in [6.45, 7) is 1.93. The zero-order valence-electron chi connectivity index (χ0n) is 8.21. The van der Waals surface area contributed by atoms with E-state index in [4.69, 9.17) is 0 Å². The van der Waals surface area contributed by atoms with Crippen molar-refractivity contribution < 1.29 is 4.79 Å². The summed E-state index contributed by atoms with van der Waals surface area (Å²) in [6, 6.07) is 9.12. The van der Waals surface area contributed by atoms with Gasteiger partial charge in [-0.15, -0.1) is 0 Å². The van der Waals surface area contributed by atoms with Gasteiger partial charge in [0.1, 0.15) is 0 Å². The molecule has 2 rings (SSSR count). The van der Waals surface area contributed by atoms with Crippen molar-refractivity contribution in [2.24, 2.45) is 4.99 Å². The Hall–Kier alpha value is -2.19. The molecule has 0 aliphatic heterocycles. The van der Waals surface area contributed by atoms with Gasteiger partial charge in [0.2, 0.25) is 6.08 Å². The largest absolute Gasteiger partial charge is 0.241 e. The van der Waals surface area contributed by atoms with E-state index < -0.39 is 0 Å². The first-order valence-corrected chi connectivity index (χ1v) is 4.50. The third kappa shape index (κ3) is 2.00. The second-order valence-corrected chi connectivity index (χ2v) is 3.12. The Morgan fingerprint density at radius 3 is 2.53 bits per heavy atom. The van der Waals surface area contributed by atoms with Crippen molar-refractivity contribution in [1.29, 1.82) is 0 Å². The second kappa shape index (κ2) is 3.90. The first kappa shape index (κ1) is 9.37. The van der Waals surface area contributed by atoms with E-state index in [0.29, 0.717) is 5.69 Å². The summed E-state index contributed by atoms with van der Waals surface area (Å²) < 4.78 is 1.77. The molecular weight excluding hydrogens is 190 g/mol. The molecule has 0 spiro atoms. The molecule has 1 heterocycles. The predicted octanol–water partition coefficient (Wildman–Crippen LogP) is 2.15. The van der Waals surface area contributed by atoms with Gasteiger partial charge in [0, 0.05) is 6.20 Å². The van der Waals surface area contributed by atoms with Gasteiger partial charge in [0.15, 0.2) is 0 Å². The fraction of sp³-hybridized carbons (Fsp3) is 0.0909. The fourth-order valence-electron chi connectivity index (χ4n) is 1.29. The molecule has 2 aromatic rings. The van der Waals surface area contributed by atoms with Gasteiger partial charge < -0.3 is 0 Å². The molecule has 0 radical (unpaired) electrons. The number of carbonyl (C=O) groups excluding carboxylic acids is 1. The third-order valence-electron chi connectivity index (χ3n) is 2.01. The Balaban J connectivity index is 2.35. The maximum atomic E-state index is 10.0. The van der Waals surface area contributed by atoms with Gasteiger partial charge in [0.05, 0.1) is 17.1 Å². The highest BCUT2D eigenvalue weighted by Gasteiger charge is 1.97. The number of aryl methyl sites for hydroxylation is 1. The highest BCUT2D eigenvalue weighted by Crippen LogP contribution is 2.14. The van der Waals surface area contributed by atoms with Crippen LogP contribution in [0.4, 0.5) is 5.69 Å². The summed E-state index contributed by atoms with van der Waals surface area (Å²) in [5.41, 5.74) is 2.50. The van der Waals surface area contributed by atoms with E-state index in [1.165, 1.54) is 6.08 Å². The SMILES string of the molecule is Cc1ccn(-c2ccc(N=C=O)cc2)n1. The van der Waals surface area contributed by atoms with Crippen molar-refractivity contribution in [1.82, 2.24) is 9.78 Å². The average molecular weight is 199 g/mol. The molecule has 0 saturated carbocycles. The smallest absolute Gasteiger partial charge is 0.240 e. The van der Waals surface area contributed by atoms with E-state index in [1.807, 2.05) is 31.3 Å². The van der Waals surface area contributed by atoms with E-state index in [2.05, 4.69) is 10.1 Å². The average Bonchev–Trinajstić information content (AvgIpc) is 2.67. The van der Waals surface area contributed by atoms with Crippen LogP contribution in [0.2, 0.25) is 0 Å². The van der Waals surface area contributed by atoms with Crippen LogP contribution in [0.1, 0.15) is 5.69 Å². The normalized spacial score (nSPS) is 9.67. The van der Waals surface area contributed by atoms with Crippen molar-refractivity contribution in [2.75, 3.05) is 0 Å². The monoisotopic (exact) mass is 199 g/mol. The Kier molecular flexibility index (Phi) is 2.44. The first-order chi connectivity index (χ1) is 7.29. The van der Waals surface area contributed by atoms with Crippen LogP contribution >= 0.6 is 0 Å². The van der Waals surface area contributed by atoms with Crippen LogP contribution in [0.25, 0.3) is 5.69 Å². The van der Waals surface area contributed by atoms with Crippen LogP contribution < -0.4 is 0 Å². The molecule has 74 valence electrons. The lowest BCUT2D eigenvalue weighted by Crippen LogP contribution is -1.93. The summed E-state index contributed by atoms with van der Waals surface area (Å²) in [4.78, 5) is 13.5. The van der Waals surface area contributed by atoms with Gasteiger partial charge in [-0.25, -0.2) is 9.48 Å². The Morgan fingerprint density at radius 2 is 2.00 bits per heavy atom. The van der Waals surface area contributed by atoms with Crippen molar-refractivity contribution in [3.8, 4) is 5.69 Å². The minimum absolute atomic E-state index is 0.595. The third-order valence-corrected chi connectivity index (χ3v) is 2.01. The maximum absolute atomic E-state index is 10.0. The molecular formula is C11H9N3O. The van der Waals surface area contributed by atoms with Crippen molar-refractivity contribution in [2.45, 2.75) is 6.92 Å². The lowest BCUT2D eigenvalue weighted by Gasteiger charge is -2.00. The molecule has 1 aromatic heterocycles. The van der Waals surface area contributed by atoms with Crippen molar-refractivity contribution >= 4 is 11.8 Å². The predicted molar refractivity (Wildman–Crippen MR) is 56.1 cm³/mol. The zero-order valence-corrected chi connectivity index (χ0v) is 8.21. The lowest BCUT2D eigenvalue weighted by molar-refractivity contribution is 0.565. The van der Waals surface area contributed by atoms with E-state index in [0.717, 1.165) is 11.4 Å². The molecule has 0 unspecified atom stereocenters. The van der Waals surface area contributed by atoms with Gasteiger partial charge in [-0.3, -0.25) is 0 Å². The van der Waals surface area contributed by atoms with Crippen LogP contribution in [-0.4, -0.2) is 15.9 Å². The number of nitrogens with zero attached hydrogens (tertiary/aromatic N) is 3. The van der Waals surface area contributed by atoms with E-state index >= 15 is 0 Å². The summed E-state index contributed by atoms with van der Waals surface area (Å²) >= 11 is 0. The molecule has 0 bridgehead atoms. The lowest BCUT2D eigenvalue weighted by atomic mass is 10.3. The first-order valence-electron chi connectivity index (χ1n) is 4.50. The van der Waals surface area contributed by atoms with Crippen LogP contribution in [0.15, 0.2) is 41.5 Å². The maximum Gasteiger partial charge on any atom is 0.240 e. The van der Waals surface area contributed by atoms with Crippen LogP contribution in [0, 0.1) is 6.92 Å². The van der Waals surface area contributed by atoms with Crippen LogP contribution in [-0.2, 0) is 4.79 Å². The number of aromatic nitrogens is 2. The number of hydrogen-bond acceptors (Lipinski definition) is 3. The molecule has 0 N–H and O–H groups in total. The molecule has 0 amide bonds. The molecule has 4 heteroatoms. The van der Waals surface area contributed by atoms with E-state index in [-0.39, 0.29) is 0 Å². The minimum Gasteiger partial charge on any atom is -0.241 e. The quantitative estimate of drug-likeness (QED) is 0.549. The summed E-state index contributed by atoms with van der Waals surface area (Å²) in [5, 5.41) is 4.27. The van der Waals surface area contributed by atoms with Crippen LogP contribution in [0.5, 0.6) is 0 Å². The van der Waals surface area contributed by atoms with Gasteiger partial charge in [-0.1, -0.05) is 0 Å². The number of isocyanates is 1. The number of hydrogen-bond donors (Lipinski definition) is 0. The molecule has 0 saturated heterocycles. The van der Waals surface area contributed by atoms with Gasteiger partial charge >= 0.3 is 0 Å². The van der Waals surface area contributed by atoms with Gasteiger partial charge in [-0.05, 0) is 37.3 Å². The molecule has 1 aromatic carbocycles. The van der Waals surface area contributed by atoms with Crippen LogP contribution in [0.3, 0.4) is 0 Å². The van der Waals surface area contributed by atoms with Gasteiger partial charge in [-0.2, -0.15) is 10.1 Å².